The van der Waals surface area contributed by atoms with Crippen molar-refractivity contribution in [2.24, 2.45) is 7.05 Å². The van der Waals surface area contributed by atoms with Crippen LogP contribution < -0.4 is 10.6 Å². The van der Waals surface area contributed by atoms with Crippen molar-refractivity contribution < 1.29 is 4.79 Å². The van der Waals surface area contributed by atoms with E-state index in [0.717, 1.165) is 18.7 Å². The zero-order chi connectivity index (χ0) is 10.7. The first kappa shape index (κ1) is 9.95. The Morgan fingerprint density at radius 3 is 3.07 bits per heavy atom. The van der Waals surface area contributed by atoms with Gasteiger partial charge in [0.1, 0.15) is 12.2 Å². The van der Waals surface area contributed by atoms with E-state index in [-0.39, 0.29) is 6.03 Å². The summed E-state index contributed by atoms with van der Waals surface area (Å²) in [5, 5.41) is 13.3. The number of hydrogen-bond donors (Lipinski definition) is 2. The van der Waals surface area contributed by atoms with Gasteiger partial charge in [-0.3, -0.25) is 0 Å². The summed E-state index contributed by atoms with van der Waals surface area (Å²) in [6.07, 6.45) is 4.57. The fourth-order valence-corrected chi connectivity index (χ4v) is 1.29. The molecule has 2 amide bonds. The Labute approximate surface area is 88.1 Å². The van der Waals surface area contributed by atoms with Crippen molar-refractivity contribution in [2.45, 2.75) is 25.3 Å². The van der Waals surface area contributed by atoms with Gasteiger partial charge in [-0.25, -0.2) is 4.79 Å². The molecule has 1 aliphatic carbocycles. The van der Waals surface area contributed by atoms with E-state index >= 15 is 0 Å². The Balaban J connectivity index is 1.65. The molecule has 1 heterocycles. The fourth-order valence-electron chi connectivity index (χ4n) is 1.29. The quantitative estimate of drug-likeness (QED) is 0.722. The molecule has 1 saturated carbocycles. The van der Waals surface area contributed by atoms with Crippen LogP contribution in [-0.2, 0) is 13.5 Å². The summed E-state index contributed by atoms with van der Waals surface area (Å²) < 4.78 is 1.85. The van der Waals surface area contributed by atoms with Gasteiger partial charge in [0.25, 0.3) is 0 Å². The van der Waals surface area contributed by atoms with Gasteiger partial charge in [-0.05, 0) is 12.8 Å². The minimum atomic E-state index is -0.0836. The van der Waals surface area contributed by atoms with Crippen molar-refractivity contribution in [3.8, 4) is 0 Å². The maximum atomic E-state index is 11.2. The zero-order valence-corrected chi connectivity index (χ0v) is 8.73. The van der Waals surface area contributed by atoms with Crippen LogP contribution in [0.3, 0.4) is 0 Å². The van der Waals surface area contributed by atoms with E-state index in [1.54, 1.807) is 6.33 Å². The predicted octanol–water partition coefficient (Wildman–Crippen LogP) is -0.181. The molecule has 0 saturated heterocycles. The van der Waals surface area contributed by atoms with Crippen molar-refractivity contribution in [1.29, 1.82) is 0 Å². The molecule has 0 atom stereocenters. The normalized spacial score (nSPS) is 15.0. The highest BCUT2D eigenvalue weighted by molar-refractivity contribution is 5.74. The molecule has 82 valence electrons. The van der Waals surface area contributed by atoms with Crippen molar-refractivity contribution >= 4 is 6.03 Å². The van der Waals surface area contributed by atoms with Crippen LogP contribution in [0.25, 0.3) is 0 Å². The van der Waals surface area contributed by atoms with Gasteiger partial charge in [-0.2, -0.15) is 0 Å². The van der Waals surface area contributed by atoms with Crippen LogP contribution in [0.4, 0.5) is 4.79 Å². The van der Waals surface area contributed by atoms with Crippen LogP contribution in [-0.4, -0.2) is 33.4 Å². The summed E-state index contributed by atoms with van der Waals surface area (Å²) in [5.74, 6) is 0.877. The molecule has 1 aromatic rings. The minimum Gasteiger partial charge on any atom is -0.338 e. The number of nitrogens with one attached hydrogen (secondary N) is 2. The van der Waals surface area contributed by atoms with Crippen molar-refractivity contribution in [1.82, 2.24) is 25.4 Å². The molecule has 1 aliphatic rings. The third kappa shape index (κ3) is 2.93. The number of aromatic nitrogens is 3. The Hall–Kier alpha value is -1.59. The number of nitrogens with zero attached hydrogens (tertiary/aromatic N) is 3. The van der Waals surface area contributed by atoms with E-state index in [4.69, 9.17) is 0 Å². The predicted molar refractivity (Wildman–Crippen MR) is 54.3 cm³/mol. The van der Waals surface area contributed by atoms with Gasteiger partial charge < -0.3 is 15.2 Å². The average Bonchev–Trinajstić information content (AvgIpc) is 2.91. The molecular weight excluding hydrogens is 194 g/mol. The molecule has 0 unspecified atom stereocenters. The molecule has 15 heavy (non-hydrogen) atoms. The Morgan fingerprint density at radius 2 is 2.47 bits per heavy atom. The van der Waals surface area contributed by atoms with Gasteiger partial charge in [0.2, 0.25) is 0 Å². The minimum absolute atomic E-state index is 0.0836. The lowest BCUT2D eigenvalue weighted by Gasteiger charge is -2.05. The van der Waals surface area contributed by atoms with Crippen LogP contribution >= 0.6 is 0 Å². The van der Waals surface area contributed by atoms with E-state index in [1.807, 2.05) is 11.6 Å². The summed E-state index contributed by atoms with van der Waals surface area (Å²) in [6.45, 7) is 0.588. The smallest absolute Gasteiger partial charge is 0.315 e. The van der Waals surface area contributed by atoms with Crippen molar-refractivity contribution in [2.75, 3.05) is 6.54 Å². The standard InChI is InChI=1S/C9H15N5O/c1-14-6-11-13-8(14)4-5-10-9(15)12-7-2-3-7/h6-7H,2-5H2,1H3,(H2,10,12,15). The molecule has 2 N–H and O–H groups in total. The molecule has 0 aromatic carbocycles. The first-order chi connectivity index (χ1) is 7.25. The number of carbonyl (C=O) groups is 1. The highest BCUT2D eigenvalue weighted by atomic mass is 16.2. The largest absolute Gasteiger partial charge is 0.338 e. The number of hydrogen-bond acceptors (Lipinski definition) is 3. The molecule has 1 aromatic heterocycles. The lowest BCUT2D eigenvalue weighted by Crippen LogP contribution is -2.37. The third-order valence-electron chi connectivity index (χ3n) is 2.35. The summed E-state index contributed by atoms with van der Waals surface area (Å²) >= 11 is 0. The summed E-state index contributed by atoms with van der Waals surface area (Å²) in [4.78, 5) is 11.2. The average molecular weight is 209 g/mol. The molecule has 0 aliphatic heterocycles. The van der Waals surface area contributed by atoms with Crippen LogP contribution in [0.15, 0.2) is 6.33 Å². The second-order valence-corrected chi connectivity index (χ2v) is 3.78. The molecule has 0 spiro atoms. The highest BCUT2D eigenvalue weighted by Crippen LogP contribution is 2.18. The number of aryl methyl sites for hydroxylation is 1. The van der Waals surface area contributed by atoms with E-state index in [2.05, 4.69) is 20.8 Å². The SMILES string of the molecule is Cn1cnnc1CCNC(=O)NC1CC1. The number of carbonyl (C=O) groups excluding carboxylic acids is 1. The van der Waals surface area contributed by atoms with Crippen molar-refractivity contribution in [3.05, 3.63) is 12.2 Å². The second-order valence-electron chi connectivity index (χ2n) is 3.78. The van der Waals surface area contributed by atoms with E-state index in [1.165, 1.54) is 0 Å². The Kier molecular flexibility index (Phi) is 2.84. The molecule has 2 rings (SSSR count). The molecule has 6 heteroatoms. The third-order valence-corrected chi connectivity index (χ3v) is 2.35. The van der Waals surface area contributed by atoms with E-state index < -0.39 is 0 Å². The first-order valence-electron chi connectivity index (χ1n) is 5.13. The van der Waals surface area contributed by atoms with Gasteiger partial charge in [-0.15, -0.1) is 10.2 Å². The van der Waals surface area contributed by atoms with Gasteiger partial charge in [0.05, 0.1) is 0 Å². The van der Waals surface area contributed by atoms with E-state index in [0.29, 0.717) is 19.0 Å². The maximum absolute atomic E-state index is 11.2. The Morgan fingerprint density at radius 1 is 1.67 bits per heavy atom. The maximum Gasteiger partial charge on any atom is 0.315 e. The second kappa shape index (κ2) is 4.29. The van der Waals surface area contributed by atoms with Gasteiger partial charge in [0.15, 0.2) is 0 Å². The molecule has 0 radical (unpaired) electrons. The monoisotopic (exact) mass is 209 g/mol. The van der Waals surface area contributed by atoms with Crippen LogP contribution in [0, 0.1) is 0 Å². The summed E-state index contributed by atoms with van der Waals surface area (Å²) in [5.41, 5.74) is 0. The summed E-state index contributed by atoms with van der Waals surface area (Å²) in [6, 6.07) is 0.319. The summed E-state index contributed by atoms with van der Waals surface area (Å²) in [7, 11) is 1.89. The lowest BCUT2D eigenvalue weighted by molar-refractivity contribution is 0.240. The molecular formula is C9H15N5O. The Bertz CT molecular complexity index is 344. The van der Waals surface area contributed by atoms with Crippen LogP contribution in [0.1, 0.15) is 18.7 Å². The van der Waals surface area contributed by atoms with Crippen molar-refractivity contribution in [3.63, 3.8) is 0 Å². The van der Waals surface area contributed by atoms with Gasteiger partial charge in [-0.1, -0.05) is 0 Å². The molecule has 0 bridgehead atoms. The lowest BCUT2D eigenvalue weighted by atomic mass is 10.4. The zero-order valence-electron chi connectivity index (χ0n) is 8.73. The molecule has 1 fully saturated rings. The first-order valence-corrected chi connectivity index (χ1v) is 5.13. The highest BCUT2D eigenvalue weighted by Gasteiger charge is 2.22. The van der Waals surface area contributed by atoms with E-state index in [9.17, 15) is 4.79 Å². The number of rotatable bonds is 4. The van der Waals surface area contributed by atoms with Crippen LogP contribution in [0.2, 0.25) is 0 Å². The molecule has 6 nitrogen and oxygen atoms in total. The number of amides is 2. The van der Waals surface area contributed by atoms with Crippen LogP contribution in [0.5, 0.6) is 0 Å². The topological polar surface area (TPSA) is 71.8 Å². The van der Waals surface area contributed by atoms with Gasteiger partial charge in [0, 0.05) is 26.1 Å². The number of urea groups is 1. The van der Waals surface area contributed by atoms with Gasteiger partial charge >= 0.3 is 6.03 Å². The fraction of sp³-hybridized carbons (Fsp3) is 0.667.